The molecule has 0 saturated carbocycles. The predicted octanol–water partition coefficient (Wildman–Crippen LogP) is 4.47. The van der Waals surface area contributed by atoms with Crippen LogP contribution < -0.4 is 20.1 Å². The maximum absolute atomic E-state index is 12.8. The molecule has 0 aromatic heterocycles. The van der Waals surface area contributed by atoms with Crippen molar-refractivity contribution in [3.8, 4) is 11.5 Å². The van der Waals surface area contributed by atoms with E-state index in [1.54, 1.807) is 30.3 Å². The van der Waals surface area contributed by atoms with Gasteiger partial charge in [0.05, 0.1) is 11.5 Å². The minimum atomic E-state index is -2.97. The fourth-order valence-corrected chi connectivity index (χ4v) is 2.61. The van der Waals surface area contributed by atoms with Crippen molar-refractivity contribution in [3.05, 3.63) is 63.7 Å². The Morgan fingerprint density at radius 3 is 2.45 bits per heavy atom. The van der Waals surface area contributed by atoms with Crippen molar-refractivity contribution in [2.24, 2.45) is 4.99 Å². The molecule has 2 N–H and O–H groups in total. The smallest absolute Gasteiger partial charge is 0.387 e. The Labute approximate surface area is 196 Å². The standard InChI is InChI=1S/C20H24F2N4O4.HI/c1-3-10-29-16-9-8-15(18(11-16)30-19(21)22)13-25-20(23-2)24-12-14-6-4-5-7-17(14)26(27)28;/h4-9,11,19H,3,10,12-13H2,1-2H3,(H2,23,24,25);1H. The number of nitrogens with one attached hydrogen (secondary N) is 2. The molecule has 0 amide bonds. The zero-order chi connectivity index (χ0) is 21.9. The third-order valence-electron chi connectivity index (χ3n) is 4.03. The summed E-state index contributed by atoms with van der Waals surface area (Å²) in [5.74, 6) is 0.790. The highest BCUT2D eigenvalue weighted by Gasteiger charge is 2.14. The highest BCUT2D eigenvalue weighted by Crippen LogP contribution is 2.26. The van der Waals surface area contributed by atoms with Gasteiger partial charge in [-0.25, -0.2) is 0 Å². The lowest BCUT2D eigenvalue weighted by molar-refractivity contribution is -0.385. The van der Waals surface area contributed by atoms with Crippen molar-refractivity contribution < 1.29 is 23.2 Å². The maximum atomic E-state index is 12.8. The van der Waals surface area contributed by atoms with Crippen molar-refractivity contribution in [2.45, 2.75) is 33.0 Å². The van der Waals surface area contributed by atoms with E-state index in [-0.39, 0.29) is 48.5 Å². The lowest BCUT2D eigenvalue weighted by Crippen LogP contribution is -2.36. The quantitative estimate of drug-likeness (QED) is 0.149. The Balaban J connectivity index is 0.00000480. The number of nitrogens with zero attached hydrogens (tertiary/aromatic N) is 2. The number of benzene rings is 2. The molecule has 2 rings (SSSR count). The van der Waals surface area contributed by atoms with Gasteiger partial charge in [-0.3, -0.25) is 15.1 Å². The predicted molar refractivity (Wildman–Crippen MR) is 124 cm³/mol. The maximum Gasteiger partial charge on any atom is 0.387 e. The fraction of sp³-hybridized carbons (Fsp3) is 0.350. The van der Waals surface area contributed by atoms with Gasteiger partial charge in [0.1, 0.15) is 11.5 Å². The van der Waals surface area contributed by atoms with E-state index in [9.17, 15) is 18.9 Å². The number of nitro benzene ring substituents is 1. The van der Waals surface area contributed by atoms with E-state index < -0.39 is 11.5 Å². The molecule has 11 heteroatoms. The number of para-hydroxylation sites is 1. The van der Waals surface area contributed by atoms with Crippen molar-refractivity contribution in [3.63, 3.8) is 0 Å². The van der Waals surface area contributed by atoms with Gasteiger partial charge in [0.25, 0.3) is 5.69 Å². The van der Waals surface area contributed by atoms with Crippen LogP contribution in [0.2, 0.25) is 0 Å². The highest BCUT2D eigenvalue weighted by atomic mass is 127. The lowest BCUT2D eigenvalue weighted by Gasteiger charge is -2.16. The zero-order valence-corrected chi connectivity index (χ0v) is 19.5. The van der Waals surface area contributed by atoms with Crippen LogP contribution in [0, 0.1) is 10.1 Å². The summed E-state index contributed by atoms with van der Waals surface area (Å²) in [6, 6.07) is 11.1. The average Bonchev–Trinajstić information content (AvgIpc) is 2.73. The first-order chi connectivity index (χ1) is 14.4. The first-order valence-electron chi connectivity index (χ1n) is 9.32. The Hall–Kier alpha value is -2.70. The molecule has 2 aromatic carbocycles. The molecule has 0 spiro atoms. The summed E-state index contributed by atoms with van der Waals surface area (Å²) in [6.07, 6.45) is 0.788. The number of alkyl halides is 2. The van der Waals surface area contributed by atoms with Gasteiger partial charge in [-0.05, 0) is 18.6 Å². The molecule has 0 aliphatic rings. The summed E-state index contributed by atoms with van der Waals surface area (Å²) in [5, 5.41) is 17.1. The normalized spacial score (nSPS) is 10.9. The summed E-state index contributed by atoms with van der Waals surface area (Å²) in [5.41, 5.74) is 0.966. The van der Waals surface area contributed by atoms with Crippen LogP contribution in [0.5, 0.6) is 11.5 Å². The Bertz CT molecular complexity index is 884. The fourth-order valence-electron chi connectivity index (χ4n) is 2.61. The molecule has 0 fully saturated rings. The van der Waals surface area contributed by atoms with E-state index in [0.717, 1.165) is 6.42 Å². The third kappa shape index (κ3) is 8.52. The number of aliphatic imine (C=N–C) groups is 1. The lowest BCUT2D eigenvalue weighted by atomic mass is 10.2. The van der Waals surface area contributed by atoms with Crippen molar-refractivity contribution in [1.82, 2.24) is 10.6 Å². The van der Waals surface area contributed by atoms with E-state index in [1.165, 1.54) is 19.2 Å². The summed E-state index contributed by atoms with van der Waals surface area (Å²) >= 11 is 0. The number of hydrogen-bond donors (Lipinski definition) is 2. The molecule has 8 nitrogen and oxygen atoms in total. The van der Waals surface area contributed by atoms with E-state index in [2.05, 4.69) is 20.4 Å². The molecule has 0 bridgehead atoms. The molecule has 0 aliphatic heterocycles. The molecule has 0 atom stereocenters. The van der Waals surface area contributed by atoms with Gasteiger partial charge >= 0.3 is 6.61 Å². The van der Waals surface area contributed by atoms with Gasteiger partial charge in [-0.2, -0.15) is 8.78 Å². The second kappa shape index (κ2) is 13.6. The largest absolute Gasteiger partial charge is 0.493 e. The van der Waals surface area contributed by atoms with Gasteiger partial charge in [0.2, 0.25) is 0 Å². The van der Waals surface area contributed by atoms with E-state index in [4.69, 9.17) is 4.74 Å². The minimum absolute atomic E-state index is 0. The Kier molecular flexibility index (Phi) is 11.5. The minimum Gasteiger partial charge on any atom is -0.493 e. The molecule has 0 heterocycles. The van der Waals surface area contributed by atoms with Crippen molar-refractivity contribution in [1.29, 1.82) is 0 Å². The highest BCUT2D eigenvalue weighted by molar-refractivity contribution is 14.0. The first kappa shape index (κ1) is 26.3. The summed E-state index contributed by atoms with van der Waals surface area (Å²) in [4.78, 5) is 14.7. The topological polar surface area (TPSA) is 98.0 Å². The zero-order valence-electron chi connectivity index (χ0n) is 17.1. The number of nitro groups is 1. The van der Waals surface area contributed by atoms with Crippen LogP contribution in [0.1, 0.15) is 24.5 Å². The third-order valence-corrected chi connectivity index (χ3v) is 4.03. The molecule has 0 radical (unpaired) electrons. The van der Waals surface area contributed by atoms with Gasteiger partial charge < -0.3 is 20.1 Å². The summed E-state index contributed by atoms with van der Waals surface area (Å²) in [7, 11) is 1.53. The Morgan fingerprint density at radius 2 is 1.84 bits per heavy atom. The number of halogens is 3. The van der Waals surface area contributed by atoms with Crippen molar-refractivity contribution >= 4 is 35.6 Å². The van der Waals surface area contributed by atoms with E-state index >= 15 is 0 Å². The first-order valence-corrected chi connectivity index (χ1v) is 9.32. The van der Waals surface area contributed by atoms with E-state index in [1.807, 2.05) is 6.92 Å². The van der Waals surface area contributed by atoms with Crippen LogP contribution in [0.15, 0.2) is 47.5 Å². The monoisotopic (exact) mass is 550 g/mol. The van der Waals surface area contributed by atoms with Gasteiger partial charge in [-0.15, -0.1) is 24.0 Å². The number of guanidine groups is 1. The molecule has 0 unspecified atom stereocenters. The van der Waals surface area contributed by atoms with Gasteiger partial charge in [0.15, 0.2) is 5.96 Å². The number of rotatable bonds is 10. The molecule has 0 aliphatic carbocycles. The van der Waals surface area contributed by atoms with Gasteiger partial charge in [-0.1, -0.05) is 25.1 Å². The SMILES string of the molecule is CCCOc1ccc(CNC(=NC)NCc2ccccc2[N+](=O)[O-])c(OC(F)F)c1.I. The average molecular weight is 550 g/mol. The van der Waals surface area contributed by atoms with Crippen LogP contribution in [-0.4, -0.2) is 31.1 Å². The molecule has 31 heavy (non-hydrogen) atoms. The second-order valence-corrected chi connectivity index (χ2v) is 6.16. The second-order valence-electron chi connectivity index (χ2n) is 6.16. The van der Waals surface area contributed by atoms with Crippen molar-refractivity contribution in [2.75, 3.05) is 13.7 Å². The molecular formula is C20H25F2IN4O4. The molecule has 170 valence electrons. The van der Waals surface area contributed by atoms with Crippen LogP contribution in [0.3, 0.4) is 0 Å². The molecule has 0 saturated heterocycles. The number of hydrogen-bond acceptors (Lipinski definition) is 5. The van der Waals surface area contributed by atoms with E-state index in [0.29, 0.717) is 29.4 Å². The molecular weight excluding hydrogens is 525 g/mol. The van der Waals surface area contributed by atoms with Crippen LogP contribution in [0.25, 0.3) is 0 Å². The van der Waals surface area contributed by atoms with Crippen LogP contribution >= 0.6 is 24.0 Å². The number of ether oxygens (including phenoxy) is 2. The summed E-state index contributed by atoms with van der Waals surface area (Å²) < 4.78 is 35.6. The van der Waals surface area contributed by atoms with Crippen LogP contribution in [0.4, 0.5) is 14.5 Å². The molecule has 2 aromatic rings. The summed E-state index contributed by atoms with van der Waals surface area (Å²) in [6.45, 7) is -0.250. The Morgan fingerprint density at radius 1 is 1.16 bits per heavy atom. The van der Waals surface area contributed by atoms with Gasteiger partial charge in [0, 0.05) is 43.4 Å². The van der Waals surface area contributed by atoms with Crippen LogP contribution in [-0.2, 0) is 13.1 Å².